The summed E-state index contributed by atoms with van der Waals surface area (Å²) in [4.78, 5) is 20.3. The van der Waals surface area contributed by atoms with Crippen LogP contribution in [0.4, 0.5) is 0 Å². The van der Waals surface area contributed by atoms with Crippen LogP contribution < -0.4 is 5.32 Å². The third-order valence-corrected chi connectivity index (χ3v) is 3.58. The van der Waals surface area contributed by atoms with Crippen molar-refractivity contribution in [3.8, 4) is 5.13 Å². The van der Waals surface area contributed by atoms with E-state index in [2.05, 4.69) is 15.3 Å². The van der Waals surface area contributed by atoms with Crippen molar-refractivity contribution in [1.29, 1.82) is 0 Å². The minimum Gasteiger partial charge on any atom is -0.347 e. The SMILES string of the molecule is O=C(NCc1cccnc1)c1csc(-n2cccc2)n1. The molecule has 3 heterocycles. The number of pyridine rings is 1. The van der Waals surface area contributed by atoms with Crippen molar-refractivity contribution in [2.75, 3.05) is 0 Å². The molecular weight excluding hydrogens is 272 g/mol. The van der Waals surface area contributed by atoms with Crippen molar-refractivity contribution in [2.45, 2.75) is 6.54 Å². The van der Waals surface area contributed by atoms with Gasteiger partial charge in [-0.1, -0.05) is 6.07 Å². The van der Waals surface area contributed by atoms with Crippen molar-refractivity contribution in [3.63, 3.8) is 0 Å². The Morgan fingerprint density at radius 2 is 2.15 bits per heavy atom. The number of hydrogen-bond donors (Lipinski definition) is 1. The monoisotopic (exact) mass is 284 g/mol. The van der Waals surface area contributed by atoms with Crippen molar-refractivity contribution in [1.82, 2.24) is 19.9 Å². The molecule has 5 nitrogen and oxygen atoms in total. The first kappa shape index (κ1) is 12.6. The average molecular weight is 284 g/mol. The number of nitrogens with one attached hydrogen (secondary N) is 1. The van der Waals surface area contributed by atoms with Gasteiger partial charge >= 0.3 is 0 Å². The molecule has 0 radical (unpaired) electrons. The largest absolute Gasteiger partial charge is 0.347 e. The average Bonchev–Trinajstić information content (AvgIpc) is 3.16. The second-order valence-corrected chi connectivity index (χ2v) is 4.99. The maximum Gasteiger partial charge on any atom is 0.271 e. The molecule has 1 amide bonds. The van der Waals surface area contributed by atoms with Gasteiger partial charge in [-0.3, -0.25) is 9.78 Å². The molecule has 1 N–H and O–H groups in total. The minimum atomic E-state index is -0.177. The lowest BCUT2D eigenvalue weighted by Crippen LogP contribution is -2.23. The smallest absolute Gasteiger partial charge is 0.271 e. The molecule has 0 unspecified atom stereocenters. The lowest BCUT2D eigenvalue weighted by molar-refractivity contribution is 0.0946. The summed E-state index contributed by atoms with van der Waals surface area (Å²) in [6.07, 6.45) is 7.23. The molecule has 3 aromatic rings. The van der Waals surface area contributed by atoms with Gasteiger partial charge in [-0.05, 0) is 23.8 Å². The summed E-state index contributed by atoms with van der Waals surface area (Å²) in [6, 6.07) is 7.60. The first-order valence-electron chi connectivity index (χ1n) is 6.09. The molecule has 0 fully saturated rings. The van der Waals surface area contributed by atoms with Crippen LogP contribution in [0.15, 0.2) is 54.4 Å². The van der Waals surface area contributed by atoms with E-state index in [0.717, 1.165) is 10.7 Å². The number of rotatable bonds is 4. The Balaban J connectivity index is 1.66. The van der Waals surface area contributed by atoms with Crippen molar-refractivity contribution >= 4 is 17.2 Å². The van der Waals surface area contributed by atoms with Gasteiger partial charge in [0.1, 0.15) is 5.69 Å². The van der Waals surface area contributed by atoms with E-state index >= 15 is 0 Å². The zero-order chi connectivity index (χ0) is 13.8. The fourth-order valence-electron chi connectivity index (χ4n) is 1.72. The lowest BCUT2D eigenvalue weighted by Gasteiger charge is -2.02. The van der Waals surface area contributed by atoms with Crippen LogP contribution in [0.2, 0.25) is 0 Å². The Labute approximate surface area is 119 Å². The highest BCUT2D eigenvalue weighted by Crippen LogP contribution is 2.14. The quantitative estimate of drug-likeness (QED) is 0.799. The Kier molecular flexibility index (Phi) is 3.56. The van der Waals surface area contributed by atoms with Gasteiger partial charge in [0, 0.05) is 36.7 Å². The normalized spacial score (nSPS) is 10.4. The van der Waals surface area contributed by atoms with Crippen LogP contribution in [0, 0.1) is 0 Å². The van der Waals surface area contributed by atoms with Gasteiger partial charge in [-0.2, -0.15) is 0 Å². The topological polar surface area (TPSA) is 59.8 Å². The van der Waals surface area contributed by atoms with E-state index in [1.807, 2.05) is 41.2 Å². The first-order valence-corrected chi connectivity index (χ1v) is 6.97. The zero-order valence-electron chi connectivity index (χ0n) is 10.6. The van der Waals surface area contributed by atoms with Gasteiger partial charge in [0.05, 0.1) is 0 Å². The van der Waals surface area contributed by atoms with Gasteiger partial charge in [-0.15, -0.1) is 11.3 Å². The molecule has 20 heavy (non-hydrogen) atoms. The van der Waals surface area contributed by atoms with Crippen molar-refractivity contribution in [3.05, 3.63) is 65.7 Å². The Hall–Kier alpha value is -2.47. The second-order valence-electron chi connectivity index (χ2n) is 4.15. The zero-order valence-corrected chi connectivity index (χ0v) is 11.4. The van der Waals surface area contributed by atoms with Gasteiger partial charge < -0.3 is 9.88 Å². The van der Waals surface area contributed by atoms with Crippen LogP contribution in [-0.4, -0.2) is 20.4 Å². The van der Waals surface area contributed by atoms with Crippen LogP contribution in [0.5, 0.6) is 0 Å². The summed E-state index contributed by atoms with van der Waals surface area (Å²) in [5.41, 5.74) is 1.39. The number of hydrogen-bond acceptors (Lipinski definition) is 4. The van der Waals surface area contributed by atoms with E-state index < -0.39 is 0 Å². The molecule has 3 aromatic heterocycles. The molecule has 100 valence electrons. The van der Waals surface area contributed by atoms with Crippen molar-refractivity contribution in [2.24, 2.45) is 0 Å². The van der Waals surface area contributed by atoms with Crippen LogP contribution in [0.25, 0.3) is 5.13 Å². The summed E-state index contributed by atoms with van der Waals surface area (Å²) in [6.45, 7) is 0.447. The van der Waals surface area contributed by atoms with Crippen LogP contribution in [0.1, 0.15) is 16.1 Å². The molecule has 0 saturated heterocycles. The Morgan fingerprint density at radius 3 is 2.90 bits per heavy atom. The summed E-state index contributed by atoms with van der Waals surface area (Å²) in [7, 11) is 0. The molecule has 0 spiro atoms. The summed E-state index contributed by atoms with van der Waals surface area (Å²) >= 11 is 1.44. The van der Waals surface area contributed by atoms with E-state index in [0.29, 0.717) is 12.2 Å². The van der Waals surface area contributed by atoms with E-state index in [4.69, 9.17) is 0 Å². The number of carbonyl (C=O) groups is 1. The minimum absolute atomic E-state index is 0.177. The van der Waals surface area contributed by atoms with Gasteiger partial charge in [0.25, 0.3) is 5.91 Å². The molecule has 0 aliphatic carbocycles. The van der Waals surface area contributed by atoms with Crippen LogP contribution >= 0.6 is 11.3 Å². The number of amides is 1. The highest BCUT2D eigenvalue weighted by molar-refractivity contribution is 7.12. The Morgan fingerprint density at radius 1 is 1.30 bits per heavy atom. The highest BCUT2D eigenvalue weighted by Gasteiger charge is 2.11. The molecule has 0 saturated carbocycles. The standard InChI is InChI=1S/C14H12N4OS/c19-13(16-9-11-4-3-5-15-8-11)12-10-20-14(17-12)18-6-1-2-7-18/h1-8,10H,9H2,(H,16,19). The summed E-state index contributed by atoms with van der Waals surface area (Å²) < 4.78 is 1.88. The molecular formula is C14H12N4OS. The second kappa shape index (κ2) is 5.66. The first-order chi connectivity index (χ1) is 9.83. The fraction of sp³-hybridized carbons (Fsp3) is 0.0714. The Bertz CT molecular complexity index is 691. The molecule has 6 heteroatoms. The third-order valence-electron chi connectivity index (χ3n) is 2.73. The van der Waals surface area contributed by atoms with Gasteiger partial charge in [-0.25, -0.2) is 4.98 Å². The highest BCUT2D eigenvalue weighted by atomic mass is 32.1. The van der Waals surface area contributed by atoms with Gasteiger partial charge in [0.2, 0.25) is 0 Å². The predicted molar refractivity (Wildman–Crippen MR) is 76.8 cm³/mol. The molecule has 0 aliphatic rings. The summed E-state index contributed by atoms with van der Waals surface area (Å²) in [5, 5.41) is 5.37. The van der Waals surface area contributed by atoms with E-state index in [1.54, 1.807) is 17.8 Å². The maximum absolute atomic E-state index is 12.0. The van der Waals surface area contributed by atoms with Crippen LogP contribution in [-0.2, 0) is 6.54 Å². The van der Waals surface area contributed by atoms with Crippen LogP contribution in [0.3, 0.4) is 0 Å². The molecule has 3 rings (SSSR count). The fourth-order valence-corrected chi connectivity index (χ4v) is 2.50. The predicted octanol–water partition coefficient (Wildman–Crippen LogP) is 2.26. The number of carbonyl (C=O) groups excluding carboxylic acids is 1. The molecule has 0 aliphatic heterocycles. The third kappa shape index (κ3) is 2.75. The van der Waals surface area contributed by atoms with E-state index in [-0.39, 0.29) is 5.91 Å². The lowest BCUT2D eigenvalue weighted by atomic mass is 10.3. The van der Waals surface area contributed by atoms with Crippen molar-refractivity contribution < 1.29 is 4.79 Å². The number of thiazole rings is 1. The van der Waals surface area contributed by atoms with E-state index in [9.17, 15) is 4.79 Å². The number of nitrogens with zero attached hydrogens (tertiary/aromatic N) is 3. The van der Waals surface area contributed by atoms with Gasteiger partial charge in [0.15, 0.2) is 5.13 Å². The maximum atomic E-state index is 12.0. The number of aromatic nitrogens is 3. The summed E-state index contributed by atoms with van der Waals surface area (Å²) in [5.74, 6) is -0.177. The molecule has 0 aromatic carbocycles. The van der Waals surface area contributed by atoms with E-state index in [1.165, 1.54) is 11.3 Å². The molecule has 0 atom stereocenters. The molecule has 0 bridgehead atoms.